The Labute approximate surface area is 51.6 Å². The third-order valence-corrected chi connectivity index (χ3v) is 1.27. The van der Waals surface area contributed by atoms with E-state index in [1.165, 1.54) is 5.57 Å². The van der Waals surface area contributed by atoms with Gasteiger partial charge in [-0.15, -0.1) is 0 Å². The molecule has 0 aliphatic rings. The molecule has 0 radical (unpaired) electrons. The summed E-state index contributed by atoms with van der Waals surface area (Å²) in [6, 6.07) is 0. The molecule has 2 N–H and O–H groups in total. The van der Waals surface area contributed by atoms with Crippen LogP contribution in [0.5, 0.6) is 0 Å². The molecule has 0 aromatic heterocycles. The molecule has 0 atom stereocenters. The second kappa shape index (κ2) is 4.85. The summed E-state index contributed by atoms with van der Waals surface area (Å²) in [6.07, 6.45) is 4.42. The normalized spacial score (nSPS) is 12.1. The lowest BCUT2D eigenvalue weighted by Crippen LogP contribution is -1.97. The number of rotatable bonds is 3. The van der Waals surface area contributed by atoms with Gasteiger partial charge in [0.1, 0.15) is 0 Å². The zero-order chi connectivity index (χ0) is 6.41. The second-order valence-electron chi connectivity index (χ2n) is 2.03. The average Bonchev–Trinajstić information content (AvgIpc) is 1.83. The minimum absolute atomic E-state index is 0.811. The molecule has 0 aromatic rings. The third-order valence-electron chi connectivity index (χ3n) is 1.27. The third kappa shape index (κ3) is 3.88. The highest BCUT2D eigenvalue weighted by molar-refractivity contribution is 4.94. The van der Waals surface area contributed by atoms with E-state index in [1.54, 1.807) is 0 Å². The van der Waals surface area contributed by atoms with E-state index in [1.807, 2.05) is 0 Å². The molecule has 0 aliphatic heterocycles. The summed E-state index contributed by atoms with van der Waals surface area (Å²) in [6.45, 7) is 5.01. The molecule has 0 saturated carbocycles. The van der Waals surface area contributed by atoms with Crippen LogP contribution in [0.2, 0.25) is 0 Å². The van der Waals surface area contributed by atoms with Crippen LogP contribution in [-0.2, 0) is 0 Å². The molecule has 1 nitrogen and oxygen atoms in total. The van der Waals surface area contributed by atoms with Gasteiger partial charge >= 0.3 is 0 Å². The van der Waals surface area contributed by atoms with Crippen molar-refractivity contribution in [1.29, 1.82) is 0 Å². The molecule has 8 heavy (non-hydrogen) atoms. The van der Waals surface area contributed by atoms with Gasteiger partial charge in [0, 0.05) is 0 Å². The Kier molecular flexibility index (Phi) is 4.67. The Morgan fingerprint density at radius 3 is 2.62 bits per heavy atom. The number of hydrogen-bond acceptors (Lipinski definition) is 1. The first-order valence-electron chi connectivity index (χ1n) is 3.13. The van der Waals surface area contributed by atoms with Crippen molar-refractivity contribution in [3.63, 3.8) is 0 Å². The van der Waals surface area contributed by atoms with Gasteiger partial charge < -0.3 is 5.73 Å². The number of nitrogens with two attached hydrogens (primary N) is 1. The molecule has 0 bridgehead atoms. The highest BCUT2D eigenvalue weighted by Crippen LogP contribution is 2.00. The Hall–Kier alpha value is -0.300. The van der Waals surface area contributed by atoms with Crippen LogP contribution in [0.3, 0.4) is 0 Å². The van der Waals surface area contributed by atoms with Crippen LogP contribution in [-0.4, -0.2) is 6.54 Å². The first kappa shape index (κ1) is 7.70. The van der Waals surface area contributed by atoms with Crippen molar-refractivity contribution in [3.05, 3.63) is 11.6 Å². The average molecular weight is 113 g/mol. The predicted octanol–water partition coefficient (Wildman–Crippen LogP) is 1.69. The maximum Gasteiger partial charge on any atom is -0.00742 e. The van der Waals surface area contributed by atoms with Crippen LogP contribution in [0.4, 0.5) is 0 Å². The smallest absolute Gasteiger partial charge is 0.00742 e. The van der Waals surface area contributed by atoms with Crippen molar-refractivity contribution in [3.8, 4) is 0 Å². The van der Waals surface area contributed by atoms with Crippen LogP contribution >= 0.6 is 0 Å². The van der Waals surface area contributed by atoms with Crippen molar-refractivity contribution in [2.45, 2.75) is 26.7 Å². The quantitative estimate of drug-likeness (QED) is 0.554. The van der Waals surface area contributed by atoms with E-state index in [0.29, 0.717) is 0 Å². The standard InChI is InChI=1S/C7H15N/c1-3-7(2)5-4-6-8/h3H,4-6,8H2,1-2H3. The van der Waals surface area contributed by atoms with Crippen LogP contribution in [0, 0.1) is 0 Å². The molecule has 0 aliphatic carbocycles. The van der Waals surface area contributed by atoms with Crippen molar-refractivity contribution in [1.82, 2.24) is 0 Å². The molecule has 0 rings (SSSR count). The summed E-state index contributed by atoms with van der Waals surface area (Å²) in [5.41, 5.74) is 6.74. The Morgan fingerprint density at radius 1 is 1.62 bits per heavy atom. The van der Waals surface area contributed by atoms with E-state index in [9.17, 15) is 0 Å². The molecule has 0 aromatic carbocycles. The summed E-state index contributed by atoms with van der Waals surface area (Å²) >= 11 is 0. The molecule has 48 valence electrons. The first-order chi connectivity index (χ1) is 3.81. The fourth-order valence-electron chi connectivity index (χ4n) is 0.525. The molecular weight excluding hydrogens is 98.1 g/mol. The molecule has 0 spiro atoms. The van der Waals surface area contributed by atoms with Gasteiger partial charge in [-0.05, 0) is 33.2 Å². The maximum absolute atomic E-state index is 5.30. The maximum atomic E-state index is 5.30. The lowest BCUT2D eigenvalue weighted by atomic mass is 10.1. The Balaban J connectivity index is 3.12. The van der Waals surface area contributed by atoms with Gasteiger partial charge in [-0.25, -0.2) is 0 Å². The molecule has 0 amide bonds. The minimum atomic E-state index is 0.811. The topological polar surface area (TPSA) is 26.0 Å². The van der Waals surface area contributed by atoms with Crippen LogP contribution < -0.4 is 5.73 Å². The molecular formula is C7H15N. The lowest BCUT2D eigenvalue weighted by molar-refractivity contribution is 0.822. The van der Waals surface area contributed by atoms with E-state index in [2.05, 4.69) is 19.9 Å². The van der Waals surface area contributed by atoms with Crippen LogP contribution in [0.15, 0.2) is 11.6 Å². The van der Waals surface area contributed by atoms with Crippen molar-refractivity contribution >= 4 is 0 Å². The summed E-state index contributed by atoms with van der Waals surface area (Å²) in [7, 11) is 0. The summed E-state index contributed by atoms with van der Waals surface area (Å²) < 4.78 is 0. The monoisotopic (exact) mass is 113 g/mol. The van der Waals surface area contributed by atoms with Gasteiger partial charge in [0.15, 0.2) is 0 Å². The van der Waals surface area contributed by atoms with E-state index >= 15 is 0 Å². The van der Waals surface area contributed by atoms with Gasteiger partial charge in [0.05, 0.1) is 0 Å². The molecule has 0 heterocycles. The second-order valence-corrected chi connectivity index (χ2v) is 2.03. The predicted molar refractivity (Wildman–Crippen MR) is 37.7 cm³/mol. The highest BCUT2D eigenvalue weighted by Gasteiger charge is 1.83. The largest absolute Gasteiger partial charge is 0.330 e. The van der Waals surface area contributed by atoms with E-state index in [0.717, 1.165) is 19.4 Å². The first-order valence-corrected chi connectivity index (χ1v) is 3.13. The lowest BCUT2D eigenvalue weighted by Gasteiger charge is -1.94. The molecule has 0 fully saturated rings. The van der Waals surface area contributed by atoms with Crippen molar-refractivity contribution < 1.29 is 0 Å². The van der Waals surface area contributed by atoms with Gasteiger partial charge in [0.25, 0.3) is 0 Å². The van der Waals surface area contributed by atoms with E-state index in [-0.39, 0.29) is 0 Å². The van der Waals surface area contributed by atoms with Gasteiger partial charge in [-0.1, -0.05) is 11.6 Å². The zero-order valence-electron chi connectivity index (χ0n) is 5.78. The highest BCUT2D eigenvalue weighted by atomic mass is 14.5. The molecule has 1 heteroatoms. The zero-order valence-corrected chi connectivity index (χ0v) is 5.78. The van der Waals surface area contributed by atoms with Crippen LogP contribution in [0.25, 0.3) is 0 Å². The van der Waals surface area contributed by atoms with Gasteiger partial charge in [-0.3, -0.25) is 0 Å². The van der Waals surface area contributed by atoms with Crippen molar-refractivity contribution in [2.24, 2.45) is 5.73 Å². The van der Waals surface area contributed by atoms with Gasteiger partial charge in [-0.2, -0.15) is 0 Å². The fraction of sp³-hybridized carbons (Fsp3) is 0.714. The Morgan fingerprint density at radius 2 is 2.25 bits per heavy atom. The minimum Gasteiger partial charge on any atom is -0.330 e. The summed E-state index contributed by atoms with van der Waals surface area (Å²) in [4.78, 5) is 0. The molecule has 0 saturated heterocycles. The summed E-state index contributed by atoms with van der Waals surface area (Å²) in [5, 5.41) is 0. The van der Waals surface area contributed by atoms with Gasteiger partial charge in [0.2, 0.25) is 0 Å². The van der Waals surface area contributed by atoms with Crippen molar-refractivity contribution in [2.75, 3.05) is 6.54 Å². The van der Waals surface area contributed by atoms with E-state index in [4.69, 9.17) is 5.73 Å². The number of hydrogen-bond donors (Lipinski definition) is 1. The molecule has 0 unspecified atom stereocenters. The fourth-order valence-corrected chi connectivity index (χ4v) is 0.525. The summed E-state index contributed by atoms with van der Waals surface area (Å²) in [5.74, 6) is 0. The SMILES string of the molecule is CC=C(C)CCCN. The Bertz CT molecular complexity index is 74.5. The van der Waals surface area contributed by atoms with E-state index < -0.39 is 0 Å². The number of allylic oxidation sites excluding steroid dienone is 2. The van der Waals surface area contributed by atoms with Crippen LogP contribution in [0.1, 0.15) is 26.7 Å².